The summed E-state index contributed by atoms with van der Waals surface area (Å²) in [4.78, 5) is 6.89. The smallest absolute Gasteiger partial charge is 0.243 e. The average molecular weight is 249 g/mol. The first kappa shape index (κ1) is 13.2. The zero-order valence-corrected chi connectivity index (χ0v) is 11.4. The van der Waals surface area contributed by atoms with Crippen LogP contribution in [0.25, 0.3) is 0 Å². The van der Waals surface area contributed by atoms with E-state index in [2.05, 4.69) is 25.4 Å². The van der Waals surface area contributed by atoms with Crippen LogP contribution in [0.2, 0.25) is 0 Å². The first-order valence-electron chi connectivity index (χ1n) is 6.90. The molecule has 1 aromatic rings. The van der Waals surface area contributed by atoms with Crippen LogP contribution in [0.3, 0.4) is 0 Å². The summed E-state index contributed by atoms with van der Waals surface area (Å²) >= 11 is 0. The van der Waals surface area contributed by atoms with Crippen LogP contribution in [0.15, 0.2) is 0 Å². The van der Waals surface area contributed by atoms with Crippen molar-refractivity contribution in [2.45, 2.75) is 39.5 Å². The van der Waals surface area contributed by atoms with Gasteiger partial charge >= 0.3 is 0 Å². The molecule has 0 aromatic carbocycles. The topological polar surface area (TPSA) is 53.9 Å². The maximum Gasteiger partial charge on any atom is 0.243 e. The molecule has 0 aliphatic carbocycles. The molecular formula is C13H23N5. The normalized spacial score (nSPS) is 17.4. The van der Waals surface area contributed by atoms with Crippen molar-refractivity contribution in [3.05, 3.63) is 11.4 Å². The number of likely N-dealkylation sites (tertiary alicyclic amines) is 1. The summed E-state index contributed by atoms with van der Waals surface area (Å²) in [5, 5.41) is 11.4. The van der Waals surface area contributed by atoms with E-state index in [1.807, 2.05) is 13.8 Å². The third-order valence-corrected chi connectivity index (χ3v) is 3.50. The van der Waals surface area contributed by atoms with Gasteiger partial charge in [-0.1, -0.05) is 12.8 Å². The van der Waals surface area contributed by atoms with Crippen LogP contribution in [0.5, 0.6) is 0 Å². The summed E-state index contributed by atoms with van der Waals surface area (Å²) in [6.07, 6.45) is 5.44. The number of aromatic nitrogens is 3. The Hall–Kier alpha value is -1.23. The molecule has 1 aliphatic rings. The minimum atomic E-state index is 0.646. The summed E-state index contributed by atoms with van der Waals surface area (Å²) in [5.41, 5.74) is 1.84. The molecule has 0 amide bonds. The second kappa shape index (κ2) is 6.64. The maximum atomic E-state index is 4.37. The number of nitrogens with zero attached hydrogens (tertiary/aromatic N) is 4. The van der Waals surface area contributed by atoms with Crippen molar-refractivity contribution in [3.63, 3.8) is 0 Å². The highest BCUT2D eigenvalue weighted by atomic mass is 15.2. The summed E-state index contributed by atoms with van der Waals surface area (Å²) in [7, 11) is 0. The number of hydrogen-bond donors (Lipinski definition) is 1. The van der Waals surface area contributed by atoms with Crippen molar-refractivity contribution in [2.24, 2.45) is 0 Å². The average Bonchev–Trinajstić information content (AvgIpc) is 2.62. The van der Waals surface area contributed by atoms with E-state index in [9.17, 15) is 0 Å². The zero-order valence-electron chi connectivity index (χ0n) is 11.4. The lowest BCUT2D eigenvalue weighted by atomic mass is 10.2. The van der Waals surface area contributed by atoms with Crippen molar-refractivity contribution in [2.75, 3.05) is 31.5 Å². The second-order valence-corrected chi connectivity index (χ2v) is 4.99. The molecule has 1 aromatic heterocycles. The highest BCUT2D eigenvalue weighted by Crippen LogP contribution is 2.09. The van der Waals surface area contributed by atoms with Gasteiger partial charge in [-0.2, -0.15) is 5.10 Å². The quantitative estimate of drug-likeness (QED) is 0.881. The molecule has 5 nitrogen and oxygen atoms in total. The van der Waals surface area contributed by atoms with Gasteiger partial charge in [0.05, 0.1) is 11.4 Å². The van der Waals surface area contributed by atoms with Gasteiger partial charge in [-0.15, -0.1) is 5.10 Å². The van der Waals surface area contributed by atoms with Crippen LogP contribution in [-0.2, 0) is 0 Å². The Morgan fingerprint density at radius 2 is 1.72 bits per heavy atom. The van der Waals surface area contributed by atoms with Crippen LogP contribution in [-0.4, -0.2) is 46.3 Å². The van der Waals surface area contributed by atoms with Crippen molar-refractivity contribution in [1.82, 2.24) is 20.1 Å². The summed E-state index contributed by atoms with van der Waals surface area (Å²) in [6.45, 7) is 8.31. The largest absolute Gasteiger partial charge is 0.352 e. The Bertz CT molecular complexity index is 372. The Morgan fingerprint density at radius 3 is 2.39 bits per heavy atom. The van der Waals surface area contributed by atoms with Crippen molar-refractivity contribution in [1.29, 1.82) is 0 Å². The molecule has 0 saturated carbocycles. The third-order valence-electron chi connectivity index (χ3n) is 3.50. The fourth-order valence-corrected chi connectivity index (χ4v) is 2.22. The lowest BCUT2D eigenvalue weighted by Crippen LogP contribution is -2.30. The van der Waals surface area contributed by atoms with E-state index in [0.717, 1.165) is 24.5 Å². The van der Waals surface area contributed by atoms with Gasteiger partial charge in [0.15, 0.2) is 0 Å². The van der Waals surface area contributed by atoms with E-state index in [-0.39, 0.29) is 0 Å². The molecule has 0 atom stereocenters. The zero-order chi connectivity index (χ0) is 12.8. The van der Waals surface area contributed by atoms with Gasteiger partial charge in [-0.3, -0.25) is 0 Å². The van der Waals surface area contributed by atoms with E-state index in [4.69, 9.17) is 0 Å². The molecule has 0 bridgehead atoms. The molecule has 1 saturated heterocycles. The molecule has 0 radical (unpaired) electrons. The Morgan fingerprint density at radius 1 is 1.00 bits per heavy atom. The number of anilines is 1. The molecule has 1 N–H and O–H groups in total. The van der Waals surface area contributed by atoms with Crippen LogP contribution < -0.4 is 5.32 Å². The Labute approximate surface area is 109 Å². The molecule has 5 heteroatoms. The SMILES string of the molecule is Cc1nnc(NCCN2CCCCCC2)nc1C. The first-order valence-corrected chi connectivity index (χ1v) is 6.90. The monoisotopic (exact) mass is 249 g/mol. The highest BCUT2D eigenvalue weighted by molar-refractivity contribution is 5.24. The van der Waals surface area contributed by atoms with Crippen LogP contribution in [0, 0.1) is 13.8 Å². The standard InChI is InChI=1S/C13H23N5/c1-11-12(2)16-17-13(15-11)14-7-10-18-8-5-3-4-6-9-18/h3-10H2,1-2H3,(H,14,15,17). The molecular weight excluding hydrogens is 226 g/mol. The van der Waals surface area contributed by atoms with Gasteiger partial charge < -0.3 is 10.2 Å². The van der Waals surface area contributed by atoms with Gasteiger partial charge in [-0.05, 0) is 39.8 Å². The molecule has 0 unspecified atom stereocenters. The summed E-state index contributed by atoms with van der Waals surface area (Å²) < 4.78 is 0. The van der Waals surface area contributed by atoms with E-state index < -0.39 is 0 Å². The molecule has 100 valence electrons. The molecule has 1 aliphatic heterocycles. The van der Waals surface area contributed by atoms with Gasteiger partial charge in [0.1, 0.15) is 0 Å². The number of hydrogen-bond acceptors (Lipinski definition) is 5. The predicted octanol–water partition coefficient (Wildman–Crippen LogP) is 1.78. The fourth-order valence-electron chi connectivity index (χ4n) is 2.22. The van der Waals surface area contributed by atoms with Gasteiger partial charge in [0.2, 0.25) is 5.95 Å². The highest BCUT2D eigenvalue weighted by Gasteiger charge is 2.08. The van der Waals surface area contributed by atoms with Gasteiger partial charge in [0.25, 0.3) is 0 Å². The van der Waals surface area contributed by atoms with Crippen LogP contribution >= 0.6 is 0 Å². The lowest BCUT2D eigenvalue weighted by Gasteiger charge is -2.19. The second-order valence-electron chi connectivity index (χ2n) is 4.99. The van der Waals surface area contributed by atoms with Crippen molar-refractivity contribution < 1.29 is 0 Å². The number of nitrogens with one attached hydrogen (secondary N) is 1. The Kier molecular flexibility index (Phi) is 4.87. The lowest BCUT2D eigenvalue weighted by molar-refractivity contribution is 0.296. The molecule has 0 spiro atoms. The predicted molar refractivity (Wildman–Crippen MR) is 72.7 cm³/mol. The minimum Gasteiger partial charge on any atom is -0.352 e. The molecule has 1 fully saturated rings. The van der Waals surface area contributed by atoms with E-state index in [1.54, 1.807) is 0 Å². The number of aryl methyl sites for hydroxylation is 2. The molecule has 18 heavy (non-hydrogen) atoms. The van der Waals surface area contributed by atoms with Gasteiger partial charge in [-0.25, -0.2) is 4.98 Å². The number of rotatable bonds is 4. The van der Waals surface area contributed by atoms with E-state index in [1.165, 1.54) is 38.8 Å². The summed E-state index contributed by atoms with van der Waals surface area (Å²) in [6, 6.07) is 0. The van der Waals surface area contributed by atoms with Crippen LogP contribution in [0.4, 0.5) is 5.95 Å². The van der Waals surface area contributed by atoms with E-state index in [0.29, 0.717) is 5.95 Å². The third kappa shape index (κ3) is 3.91. The van der Waals surface area contributed by atoms with Gasteiger partial charge in [0, 0.05) is 13.1 Å². The maximum absolute atomic E-state index is 4.37. The molecule has 2 rings (SSSR count). The molecule has 2 heterocycles. The van der Waals surface area contributed by atoms with E-state index >= 15 is 0 Å². The first-order chi connectivity index (χ1) is 8.75. The van der Waals surface area contributed by atoms with Crippen molar-refractivity contribution in [3.8, 4) is 0 Å². The van der Waals surface area contributed by atoms with Crippen LogP contribution in [0.1, 0.15) is 37.1 Å². The summed E-state index contributed by atoms with van der Waals surface area (Å²) in [5.74, 6) is 0.646. The Balaban J connectivity index is 1.75. The fraction of sp³-hybridized carbons (Fsp3) is 0.769. The minimum absolute atomic E-state index is 0.646. The van der Waals surface area contributed by atoms with Crippen molar-refractivity contribution >= 4 is 5.95 Å².